The van der Waals surface area contributed by atoms with E-state index >= 15 is 0 Å². The van der Waals surface area contributed by atoms with Gasteiger partial charge in [-0.1, -0.05) is 29.8 Å². The molecule has 102 valence electrons. The van der Waals surface area contributed by atoms with E-state index in [9.17, 15) is 0 Å². The molecule has 1 aromatic heterocycles. The first-order valence-corrected chi connectivity index (χ1v) is 7.17. The lowest BCUT2D eigenvalue weighted by molar-refractivity contribution is 1.08. The van der Waals surface area contributed by atoms with Crippen molar-refractivity contribution in [3.8, 4) is 0 Å². The van der Waals surface area contributed by atoms with Gasteiger partial charge < -0.3 is 5.73 Å². The molecule has 0 amide bonds. The summed E-state index contributed by atoms with van der Waals surface area (Å²) >= 11 is 1.68. The number of hydrogen-bond acceptors (Lipinski definition) is 4. The molecule has 1 heterocycles. The molecule has 0 aliphatic carbocycles. The third kappa shape index (κ3) is 4.56. The number of thioether (sulfide) groups is 1. The van der Waals surface area contributed by atoms with E-state index in [1.165, 1.54) is 11.1 Å². The minimum atomic E-state index is 0.669. The van der Waals surface area contributed by atoms with Crippen molar-refractivity contribution in [1.82, 2.24) is 9.97 Å². The first-order chi connectivity index (χ1) is 9.10. The summed E-state index contributed by atoms with van der Waals surface area (Å²) in [5.41, 5.74) is 9.23. The van der Waals surface area contributed by atoms with Crippen LogP contribution < -0.4 is 5.73 Å². The molecule has 2 N–H and O–H groups in total. The van der Waals surface area contributed by atoms with Gasteiger partial charge in [0.2, 0.25) is 0 Å². The maximum atomic E-state index is 5.79. The lowest BCUT2D eigenvalue weighted by Gasteiger charge is -2.12. The predicted octanol–water partition coefficient (Wildman–Crippen LogP) is 4.12. The summed E-state index contributed by atoms with van der Waals surface area (Å²) in [6.45, 7) is 8.42. The van der Waals surface area contributed by atoms with Gasteiger partial charge >= 0.3 is 0 Å². The molecule has 0 saturated carbocycles. The van der Waals surface area contributed by atoms with E-state index in [0.29, 0.717) is 5.82 Å². The van der Waals surface area contributed by atoms with E-state index in [4.69, 9.17) is 5.73 Å². The second-order valence-electron chi connectivity index (χ2n) is 4.43. The Balaban J connectivity index is 3.20. The minimum Gasteiger partial charge on any atom is -0.404 e. The standard InChI is InChI=1S/C15H21N3S/c1-5-12(4)14(19-10-11(2)3)13(9-16)15-17-7-6-8-18-15/h6-10H,5,16H2,1-4H3/b13-9?,14-12-. The van der Waals surface area contributed by atoms with Crippen molar-refractivity contribution >= 4 is 17.3 Å². The highest BCUT2D eigenvalue weighted by molar-refractivity contribution is 8.06. The Morgan fingerprint density at radius 1 is 1.26 bits per heavy atom. The van der Waals surface area contributed by atoms with E-state index in [2.05, 4.69) is 43.1 Å². The van der Waals surface area contributed by atoms with E-state index in [1.54, 1.807) is 36.4 Å². The zero-order valence-corrected chi connectivity index (χ0v) is 12.8. The summed E-state index contributed by atoms with van der Waals surface area (Å²) in [5.74, 6) is 0.669. The van der Waals surface area contributed by atoms with Crippen LogP contribution in [0.25, 0.3) is 5.57 Å². The minimum absolute atomic E-state index is 0.669. The van der Waals surface area contributed by atoms with Crippen molar-refractivity contribution < 1.29 is 0 Å². The number of nitrogens with two attached hydrogens (primary N) is 1. The number of rotatable bonds is 5. The van der Waals surface area contributed by atoms with Crippen LogP contribution in [0.3, 0.4) is 0 Å². The van der Waals surface area contributed by atoms with Crippen LogP contribution >= 0.6 is 11.8 Å². The molecule has 0 radical (unpaired) electrons. The molecule has 0 fully saturated rings. The highest BCUT2D eigenvalue weighted by Gasteiger charge is 2.12. The van der Waals surface area contributed by atoms with Gasteiger partial charge in [0, 0.05) is 29.1 Å². The molecule has 0 atom stereocenters. The average molecular weight is 275 g/mol. The van der Waals surface area contributed by atoms with Crippen LogP contribution in [0.4, 0.5) is 0 Å². The second-order valence-corrected chi connectivity index (χ2v) is 5.31. The van der Waals surface area contributed by atoms with Gasteiger partial charge in [0.15, 0.2) is 5.82 Å². The summed E-state index contributed by atoms with van der Waals surface area (Å²) in [6.07, 6.45) is 6.03. The Morgan fingerprint density at radius 2 is 1.89 bits per heavy atom. The fourth-order valence-electron chi connectivity index (χ4n) is 1.42. The average Bonchev–Trinajstić information content (AvgIpc) is 2.43. The van der Waals surface area contributed by atoms with Crippen LogP contribution in [0, 0.1) is 0 Å². The largest absolute Gasteiger partial charge is 0.404 e. The first kappa shape index (κ1) is 15.5. The molecule has 4 heteroatoms. The van der Waals surface area contributed by atoms with Gasteiger partial charge in [0.25, 0.3) is 0 Å². The van der Waals surface area contributed by atoms with Gasteiger partial charge in [-0.25, -0.2) is 9.97 Å². The fourth-order valence-corrected chi connectivity index (χ4v) is 2.41. The predicted molar refractivity (Wildman–Crippen MR) is 84.2 cm³/mol. The number of hydrogen-bond donors (Lipinski definition) is 1. The molecule has 19 heavy (non-hydrogen) atoms. The van der Waals surface area contributed by atoms with Gasteiger partial charge in [-0.05, 0) is 38.7 Å². The SMILES string of the molecule is CC/C(C)=C(\SC=C(C)C)C(=CN)c1ncccn1. The lowest BCUT2D eigenvalue weighted by Crippen LogP contribution is -1.99. The Hall–Kier alpha value is -1.55. The van der Waals surface area contributed by atoms with E-state index in [1.807, 2.05) is 0 Å². The first-order valence-electron chi connectivity index (χ1n) is 6.29. The van der Waals surface area contributed by atoms with Crippen molar-refractivity contribution in [2.75, 3.05) is 0 Å². The molecule has 1 rings (SSSR count). The molecule has 0 bridgehead atoms. The maximum Gasteiger partial charge on any atom is 0.161 e. The lowest BCUT2D eigenvalue weighted by atomic mass is 10.1. The van der Waals surface area contributed by atoms with Gasteiger partial charge in [0.1, 0.15) is 0 Å². The van der Waals surface area contributed by atoms with Crippen molar-refractivity contribution in [1.29, 1.82) is 0 Å². The third-order valence-electron chi connectivity index (χ3n) is 2.55. The molecule has 0 aliphatic rings. The quantitative estimate of drug-likeness (QED) is 0.821. The smallest absolute Gasteiger partial charge is 0.161 e. The summed E-state index contributed by atoms with van der Waals surface area (Å²) in [4.78, 5) is 9.71. The zero-order valence-electron chi connectivity index (χ0n) is 12.0. The highest BCUT2D eigenvalue weighted by Crippen LogP contribution is 2.34. The summed E-state index contributed by atoms with van der Waals surface area (Å²) < 4.78 is 0. The summed E-state index contributed by atoms with van der Waals surface area (Å²) in [7, 11) is 0. The number of allylic oxidation sites excluding steroid dienone is 3. The van der Waals surface area contributed by atoms with Crippen molar-refractivity contribution in [2.24, 2.45) is 5.73 Å². The second kappa shape index (κ2) is 7.79. The molecular weight excluding hydrogens is 254 g/mol. The van der Waals surface area contributed by atoms with Crippen LogP contribution in [-0.2, 0) is 0 Å². The normalized spacial score (nSPS) is 12.9. The topological polar surface area (TPSA) is 51.8 Å². The molecule has 0 aromatic carbocycles. The number of nitrogens with zero attached hydrogens (tertiary/aromatic N) is 2. The van der Waals surface area contributed by atoms with Crippen molar-refractivity contribution in [3.63, 3.8) is 0 Å². The van der Waals surface area contributed by atoms with Gasteiger partial charge in [0.05, 0.1) is 0 Å². The molecule has 3 nitrogen and oxygen atoms in total. The Labute approximate surface area is 119 Å². The van der Waals surface area contributed by atoms with Crippen LogP contribution in [0.2, 0.25) is 0 Å². The van der Waals surface area contributed by atoms with E-state index in [0.717, 1.165) is 16.9 Å². The monoisotopic (exact) mass is 275 g/mol. The van der Waals surface area contributed by atoms with Crippen LogP contribution in [0.5, 0.6) is 0 Å². The summed E-state index contributed by atoms with van der Waals surface area (Å²) in [5, 5.41) is 2.13. The van der Waals surface area contributed by atoms with E-state index < -0.39 is 0 Å². The van der Waals surface area contributed by atoms with Crippen LogP contribution in [-0.4, -0.2) is 9.97 Å². The van der Waals surface area contributed by atoms with Gasteiger partial charge in [-0.3, -0.25) is 0 Å². The Kier molecular flexibility index (Phi) is 6.36. The summed E-state index contributed by atoms with van der Waals surface area (Å²) in [6, 6.07) is 1.80. The molecule has 0 saturated heterocycles. The van der Waals surface area contributed by atoms with Gasteiger partial charge in [-0.15, -0.1) is 0 Å². The Morgan fingerprint density at radius 3 is 2.37 bits per heavy atom. The maximum absolute atomic E-state index is 5.79. The molecular formula is C15H21N3S. The van der Waals surface area contributed by atoms with Gasteiger partial charge in [-0.2, -0.15) is 0 Å². The van der Waals surface area contributed by atoms with Crippen LogP contribution in [0.15, 0.2) is 46.1 Å². The highest BCUT2D eigenvalue weighted by atomic mass is 32.2. The van der Waals surface area contributed by atoms with Crippen LogP contribution in [0.1, 0.15) is 39.9 Å². The van der Waals surface area contributed by atoms with Crippen molar-refractivity contribution in [3.05, 3.63) is 51.9 Å². The third-order valence-corrected chi connectivity index (χ3v) is 3.94. The molecule has 0 spiro atoms. The Bertz CT molecular complexity index is 497. The molecule has 1 aromatic rings. The molecule has 0 unspecified atom stereocenters. The molecule has 0 aliphatic heterocycles. The fraction of sp³-hybridized carbons (Fsp3) is 0.333. The van der Waals surface area contributed by atoms with Crippen molar-refractivity contribution in [2.45, 2.75) is 34.1 Å². The number of aromatic nitrogens is 2. The van der Waals surface area contributed by atoms with E-state index in [-0.39, 0.29) is 0 Å². The zero-order chi connectivity index (χ0) is 14.3.